The van der Waals surface area contributed by atoms with Gasteiger partial charge in [-0.15, -0.1) is 0 Å². The van der Waals surface area contributed by atoms with E-state index in [1.54, 1.807) is 13.8 Å². The number of carbonyl (C=O) groups is 2. The van der Waals surface area contributed by atoms with Crippen LogP contribution in [0.2, 0.25) is 5.04 Å². The van der Waals surface area contributed by atoms with Crippen molar-refractivity contribution in [2.45, 2.75) is 90.9 Å². The van der Waals surface area contributed by atoms with Gasteiger partial charge in [0, 0.05) is 33.5 Å². The topological polar surface area (TPSA) is 80.3 Å². The second-order valence-corrected chi connectivity index (χ2v) is 16.0. The van der Waals surface area contributed by atoms with E-state index in [1.807, 2.05) is 38.1 Å². The molecule has 41 heavy (non-hydrogen) atoms. The van der Waals surface area contributed by atoms with Gasteiger partial charge in [-0.1, -0.05) is 93.6 Å². The number of allylic oxidation sites excluding steroid dienone is 1. The summed E-state index contributed by atoms with van der Waals surface area (Å²) in [4.78, 5) is 24.9. The van der Waals surface area contributed by atoms with Crippen LogP contribution >= 0.6 is 0 Å². The molecule has 8 heteroatoms. The minimum absolute atomic E-state index is 0.194. The summed E-state index contributed by atoms with van der Waals surface area (Å²) >= 11 is 0. The van der Waals surface area contributed by atoms with E-state index in [1.165, 1.54) is 10.4 Å². The molecule has 0 spiro atoms. The molecule has 0 radical (unpaired) electrons. The van der Waals surface area contributed by atoms with Crippen molar-refractivity contribution in [3.05, 3.63) is 72.8 Å². The lowest BCUT2D eigenvalue weighted by atomic mass is 10.0. The Bertz CT molecular complexity index is 1080. The van der Waals surface area contributed by atoms with Gasteiger partial charge in [0.25, 0.3) is 14.1 Å². The highest BCUT2D eigenvalue weighted by molar-refractivity contribution is 6.99. The van der Waals surface area contributed by atoms with Crippen molar-refractivity contribution >= 4 is 30.6 Å². The molecular formula is C33H46O7Si. The number of hydrogen-bond acceptors (Lipinski definition) is 7. The third-order valence-electron chi connectivity index (χ3n) is 7.12. The molecule has 2 aromatic rings. The SMILES string of the molecule is CCOC(CC(C/C=C/CC1C(=O)OC(C)(C)OC1=O)O[Si](c1ccccc1)(c1ccccc1)C(C)(C)C)OCC. The lowest BCUT2D eigenvalue weighted by Gasteiger charge is -2.45. The molecule has 3 rings (SSSR count). The largest absolute Gasteiger partial charge is 0.422 e. The number of hydrogen-bond donors (Lipinski definition) is 0. The van der Waals surface area contributed by atoms with E-state index in [0.29, 0.717) is 26.1 Å². The van der Waals surface area contributed by atoms with Gasteiger partial charge in [-0.3, -0.25) is 9.59 Å². The second-order valence-electron chi connectivity index (χ2n) is 11.7. The fourth-order valence-electron chi connectivity index (χ4n) is 5.32. The molecule has 1 fully saturated rings. The maximum absolute atomic E-state index is 12.4. The summed E-state index contributed by atoms with van der Waals surface area (Å²) in [5.74, 6) is -3.35. The first kappa shape index (κ1) is 32.7. The molecule has 1 saturated heterocycles. The molecule has 1 atom stereocenters. The monoisotopic (exact) mass is 582 g/mol. The van der Waals surface area contributed by atoms with Crippen molar-refractivity contribution in [1.29, 1.82) is 0 Å². The molecule has 0 N–H and O–H groups in total. The second kappa shape index (κ2) is 14.4. The van der Waals surface area contributed by atoms with E-state index in [-0.39, 0.29) is 17.6 Å². The molecule has 0 aromatic heterocycles. The fourth-order valence-corrected chi connectivity index (χ4v) is 10.0. The first-order chi connectivity index (χ1) is 19.4. The number of rotatable bonds is 14. The summed E-state index contributed by atoms with van der Waals surface area (Å²) in [6.07, 6.45) is 4.39. The molecule has 0 aliphatic carbocycles. The average molecular weight is 583 g/mol. The highest BCUT2D eigenvalue weighted by Crippen LogP contribution is 2.38. The van der Waals surface area contributed by atoms with Crippen LogP contribution in [0.4, 0.5) is 0 Å². The molecule has 0 saturated carbocycles. The van der Waals surface area contributed by atoms with Crippen LogP contribution in [0.15, 0.2) is 72.8 Å². The number of esters is 2. The lowest BCUT2D eigenvalue weighted by Crippen LogP contribution is -2.67. The zero-order valence-corrected chi connectivity index (χ0v) is 26.6. The van der Waals surface area contributed by atoms with Crippen molar-refractivity contribution in [2.75, 3.05) is 13.2 Å². The third-order valence-corrected chi connectivity index (χ3v) is 12.2. The van der Waals surface area contributed by atoms with Gasteiger partial charge in [0.1, 0.15) is 0 Å². The van der Waals surface area contributed by atoms with Crippen molar-refractivity contribution in [1.82, 2.24) is 0 Å². The van der Waals surface area contributed by atoms with Crippen LogP contribution < -0.4 is 10.4 Å². The van der Waals surface area contributed by atoms with Crippen LogP contribution in [0, 0.1) is 5.92 Å². The molecule has 224 valence electrons. The predicted octanol–water partition coefficient (Wildman–Crippen LogP) is 5.51. The average Bonchev–Trinajstić information content (AvgIpc) is 2.90. The van der Waals surface area contributed by atoms with Crippen LogP contribution in [0.25, 0.3) is 0 Å². The van der Waals surface area contributed by atoms with Crippen molar-refractivity contribution in [2.24, 2.45) is 5.92 Å². The van der Waals surface area contributed by atoms with E-state index in [9.17, 15) is 9.59 Å². The van der Waals surface area contributed by atoms with E-state index in [4.69, 9.17) is 23.4 Å². The first-order valence-corrected chi connectivity index (χ1v) is 16.5. The number of ether oxygens (including phenoxy) is 4. The molecule has 7 nitrogen and oxygen atoms in total. The Morgan fingerprint density at radius 1 is 0.854 bits per heavy atom. The number of carbonyl (C=O) groups excluding carboxylic acids is 2. The van der Waals surface area contributed by atoms with E-state index in [2.05, 4.69) is 69.3 Å². The Balaban J connectivity index is 1.95. The third kappa shape index (κ3) is 8.38. The Hall–Kier alpha value is -2.78. The van der Waals surface area contributed by atoms with Crippen molar-refractivity contribution in [3.8, 4) is 0 Å². The van der Waals surface area contributed by atoms with Gasteiger partial charge >= 0.3 is 11.9 Å². The van der Waals surface area contributed by atoms with Crippen LogP contribution in [0.5, 0.6) is 0 Å². The normalized spacial score (nSPS) is 17.1. The lowest BCUT2D eigenvalue weighted by molar-refractivity contribution is -0.239. The Morgan fingerprint density at radius 2 is 1.34 bits per heavy atom. The molecule has 0 amide bonds. The van der Waals surface area contributed by atoms with Crippen molar-refractivity contribution in [3.63, 3.8) is 0 Å². The van der Waals surface area contributed by atoms with Gasteiger partial charge in [0.2, 0.25) is 0 Å². The summed E-state index contributed by atoms with van der Waals surface area (Å²) < 4.78 is 29.8. The standard InChI is InChI=1S/C33H46O7Si/c1-8-36-29(37-9-2)24-25(18-16-17-23-28-30(34)38-33(6,7)39-31(28)35)40-41(32(3,4)5,26-19-12-10-13-20-26)27-21-14-11-15-22-27/h10-17,19-22,25,28-29H,8-9,18,23-24H2,1-7H3/b17-16+. The predicted molar refractivity (Wildman–Crippen MR) is 162 cm³/mol. The van der Waals surface area contributed by atoms with E-state index in [0.717, 1.165) is 0 Å². The van der Waals surface area contributed by atoms with Gasteiger partial charge in [-0.2, -0.15) is 0 Å². The van der Waals surface area contributed by atoms with E-state index < -0.39 is 38.3 Å². The number of cyclic esters (lactones) is 2. The Labute approximate surface area is 246 Å². The highest BCUT2D eigenvalue weighted by Gasteiger charge is 2.51. The summed E-state index contributed by atoms with van der Waals surface area (Å²) in [6, 6.07) is 21.0. The van der Waals surface area contributed by atoms with Crippen LogP contribution in [0.3, 0.4) is 0 Å². The minimum atomic E-state index is -2.85. The zero-order valence-electron chi connectivity index (χ0n) is 25.6. The van der Waals surface area contributed by atoms with Gasteiger partial charge in [-0.05, 0) is 42.1 Å². The zero-order chi connectivity index (χ0) is 30.1. The van der Waals surface area contributed by atoms with Gasteiger partial charge < -0.3 is 23.4 Å². The molecule has 1 aliphatic heterocycles. The van der Waals surface area contributed by atoms with Gasteiger partial charge in [-0.25, -0.2) is 0 Å². The molecule has 1 heterocycles. The summed E-state index contributed by atoms with van der Waals surface area (Å²) in [5.41, 5.74) is 0. The number of benzene rings is 2. The maximum Gasteiger partial charge on any atom is 0.323 e. The Morgan fingerprint density at radius 3 is 1.78 bits per heavy atom. The minimum Gasteiger partial charge on any atom is -0.422 e. The fraction of sp³-hybridized carbons (Fsp3) is 0.515. The van der Waals surface area contributed by atoms with Gasteiger partial charge in [0.15, 0.2) is 12.2 Å². The Kier molecular flexibility index (Phi) is 11.5. The highest BCUT2D eigenvalue weighted by atomic mass is 28.4. The maximum atomic E-state index is 12.4. The van der Waals surface area contributed by atoms with Crippen LogP contribution in [0.1, 0.15) is 67.7 Å². The first-order valence-electron chi connectivity index (χ1n) is 14.6. The molecular weight excluding hydrogens is 536 g/mol. The molecule has 0 bridgehead atoms. The molecule has 2 aromatic carbocycles. The van der Waals surface area contributed by atoms with Crippen LogP contribution in [-0.4, -0.2) is 51.7 Å². The summed E-state index contributed by atoms with van der Waals surface area (Å²) in [6.45, 7) is 14.8. The van der Waals surface area contributed by atoms with E-state index >= 15 is 0 Å². The summed E-state index contributed by atoms with van der Waals surface area (Å²) in [7, 11) is -2.85. The smallest absolute Gasteiger partial charge is 0.323 e. The quantitative estimate of drug-likeness (QED) is 0.0956. The van der Waals surface area contributed by atoms with Crippen molar-refractivity contribution < 1.29 is 33.0 Å². The van der Waals surface area contributed by atoms with Gasteiger partial charge in [0.05, 0.1) is 6.10 Å². The molecule has 1 unspecified atom stereocenters. The summed E-state index contributed by atoms with van der Waals surface area (Å²) in [5, 5.41) is 2.17. The van der Waals surface area contributed by atoms with Crippen LogP contribution in [-0.2, 0) is 33.0 Å². The molecule has 1 aliphatic rings.